The van der Waals surface area contributed by atoms with Gasteiger partial charge >= 0.3 is 0 Å². The van der Waals surface area contributed by atoms with Crippen LogP contribution in [0, 0.1) is 11.8 Å². The molecule has 3 fully saturated rings. The van der Waals surface area contributed by atoms with Crippen LogP contribution >= 0.6 is 0 Å². The van der Waals surface area contributed by atoms with Crippen LogP contribution in [0.2, 0.25) is 0 Å². The number of rotatable bonds is 15. The van der Waals surface area contributed by atoms with Crippen LogP contribution in [0.3, 0.4) is 0 Å². The minimum atomic E-state index is -1.03. The first-order valence-corrected chi connectivity index (χ1v) is 13.7. The number of hydrogen-bond acceptors (Lipinski definition) is 5. The van der Waals surface area contributed by atoms with Gasteiger partial charge in [0.2, 0.25) is 17.7 Å². The van der Waals surface area contributed by atoms with Crippen molar-refractivity contribution in [2.45, 2.75) is 83.0 Å². The quantitative estimate of drug-likeness (QED) is 0.347. The molecule has 0 aliphatic carbocycles. The van der Waals surface area contributed by atoms with E-state index in [1.807, 2.05) is 13.8 Å². The summed E-state index contributed by atoms with van der Waals surface area (Å²) in [7, 11) is 0. The second kappa shape index (κ2) is 11.9. The molecule has 202 valence electrons. The van der Waals surface area contributed by atoms with E-state index in [9.17, 15) is 19.5 Å². The molecule has 0 saturated carbocycles. The van der Waals surface area contributed by atoms with Crippen LogP contribution < -0.4 is 0 Å². The smallest absolute Gasteiger partial charge is 0.248 e. The van der Waals surface area contributed by atoms with Gasteiger partial charge in [-0.1, -0.05) is 39.3 Å². The fourth-order valence-electron chi connectivity index (χ4n) is 6.74. The Morgan fingerprint density at radius 2 is 1.72 bits per heavy atom. The zero-order valence-corrected chi connectivity index (χ0v) is 22.4. The van der Waals surface area contributed by atoms with Crippen molar-refractivity contribution < 1.29 is 24.2 Å². The number of hydrogen-bond donors (Lipinski definition) is 1. The van der Waals surface area contributed by atoms with E-state index in [4.69, 9.17) is 4.74 Å². The first-order chi connectivity index (χ1) is 17.3. The number of aliphatic hydroxyl groups is 1. The van der Waals surface area contributed by atoms with Gasteiger partial charge in [-0.25, -0.2) is 0 Å². The number of likely N-dealkylation sites (tertiary alicyclic amines) is 1. The Kier molecular flexibility index (Phi) is 9.39. The lowest BCUT2D eigenvalue weighted by molar-refractivity contribution is -0.155. The summed E-state index contributed by atoms with van der Waals surface area (Å²) in [5.41, 5.74) is -1.78. The Morgan fingerprint density at radius 1 is 1.06 bits per heavy atom. The molecular formula is C28H45N3O5. The predicted octanol–water partition coefficient (Wildman–Crippen LogP) is 2.76. The van der Waals surface area contributed by atoms with Gasteiger partial charge in [0.15, 0.2) is 0 Å². The first-order valence-electron chi connectivity index (χ1n) is 13.7. The van der Waals surface area contributed by atoms with Crippen LogP contribution in [-0.4, -0.2) is 94.1 Å². The van der Waals surface area contributed by atoms with Crippen LogP contribution in [-0.2, 0) is 19.1 Å². The molecule has 1 N–H and O–H groups in total. The molecule has 8 heteroatoms. The second-order valence-electron chi connectivity index (χ2n) is 10.4. The number of nitrogens with zero attached hydrogens (tertiary/aromatic N) is 3. The number of aliphatic hydroxyl groups excluding tert-OH is 1. The van der Waals surface area contributed by atoms with E-state index in [1.54, 1.807) is 26.9 Å². The first kappa shape index (κ1) is 28.4. The lowest BCUT2D eigenvalue weighted by atomic mass is 9.64. The molecular weight excluding hydrogens is 458 g/mol. The van der Waals surface area contributed by atoms with Gasteiger partial charge in [0.25, 0.3) is 0 Å². The number of fused-ring (bicyclic) bond motifs is 1. The molecule has 3 saturated heterocycles. The number of ether oxygens (including phenoxy) is 1. The Bertz CT molecular complexity index is 847. The standard InChI is InChI=1S/C28H45N3O5/c1-6-11-18-30(17-9-4)26(35)23-28-14-13-27(10-5,36-28)21(24(33)29(15-7-2)16-8-3)22(28)25(34)31(23)19-12-20-32/h7,9,21-23,32H,2,4,6,8,10-20H2,1,3,5H3/t21-,22+,23?,27+,28?/m1/s1. The van der Waals surface area contributed by atoms with Crippen molar-refractivity contribution in [2.24, 2.45) is 11.8 Å². The molecule has 2 bridgehead atoms. The summed E-state index contributed by atoms with van der Waals surface area (Å²) in [6.45, 7) is 15.9. The van der Waals surface area contributed by atoms with E-state index in [2.05, 4.69) is 20.1 Å². The molecule has 36 heavy (non-hydrogen) atoms. The van der Waals surface area contributed by atoms with Gasteiger partial charge in [-0.2, -0.15) is 0 Å². The molecule has 3 aliphatic heterocycles. The number of carbonyl (C=O) groups excluding carboxylic acids is 3. The fraction of sp³-hybridized carbons (Fsp3) is 0.750. The highest BCUT2D eigenvalue weighted by atomic mass is 16.5. The Morgan fingerprint density at radius 3 is 2.28 bits per heavy atom. The van der Waals surface area contributed by atoms with Gasteiger partial charge in [0.05, 0.1) is 17.4 Å². The van der Waals surface area contributed by atoms with Gasteiger partial charge in [-0.3, -0.25) is 14.4 Å². The van der Waals surface area contributed by atoms with E-state index in [-0.39, 0.29) is 30.9 Å². The Hall–Kier alpha value is -2.19. The second-order valence-corrected chi connectivity index (χ2v) is 10.4. The summed E-state index contributed by atoms with van der Waals surface area (Å²) in [4.78, 5) is 47.4. The summed E-state index contributed by atoms with van der Waals surface area (Å²) in [5, 5.41) is 9.54. The predicted molar refractivity (Wildman–Crippen MR) is 139 cm³/mol. The van der Waals surface area contributed by atoms with Crippen LogP contribution in [0.25, 0.3) is 0 Å². The highest BCUT2D eigenvalue weighted by molar-refractivity contribution is 5.99. The lowest BCUT2D eigenvalue weighted by Crippen LogP contribution is -2.56. The minimum absolute atomic E-state index is 0.0809. The third-order valence-corrected chi connectivity index (χ3v) is 8.34. The molecule has 0 aromatic carbocycles. The van der Waals surface area contributed by atoms with Crippen molar-refractivity contribution in [1.29, 1.82) is 0 Å². The fourth-order valence-corrected chi connectivity index (χ4v) is 6.74. The Balaban J connectivity index is 2.08. The maximum atomic E-state index is 14.1. The highest BCUT2D eigenvalue weighted by Crippen LogP contribution is 2.64. The highest BCUT2D eigenvalue weighted by Gasteiger charge is 2.78. The van der Waals surface area contributed by atoms with Crippen LogP contribution in [0.15, 0.2) is 25.3 Å². The SMILES string of the molecule is C=CCN(CCCC)C(=O)C1N(CCCO)C(=O)[C@@H]2[C@H](C(=O)N(CC=C)CCC)[C@]3(CC)CCC12O3. The van der Waals surface area contributed by atoms with Crippen LogP contribution in [0.1, 0.15) is 65.7 Å². The molecule has 0 aromatic heterocycles. The summed E-state index contributed by atoms with van der Waals surface area (Å²) < 4.78 is 6.84. The minimum Gasteiger partial charge on any atom is -0.396 e. The van der Waals surface area contributed by atoms with E-state index in [0.717, 1.165) is 19.3 Å². The average molecular weight is 504 g/mol. The maximum Gasteiger partial charge on any atom is 0.248 e. The number of unbranched alkanes of at least 4 members (excludes halogenated alkanes) is 1. The largest absolute Gasteiger partial charge is 0.396 e. The van der Waals surface area contributed by atoms with E-state index in [1.165, 1.54) is 0 Å². The van der Waals surface area contributed by atoms with Gasteiger partial charge in [-0.05, 0) is 38.5 Å². The topological polar surface area (TPSA) is 90.4 Å². The molecule has 2 unspecified atom stereocenters. The molecule has 3 heterocycles. The van der Waals surface area contributed by atoms with Crippen molar-refractivity contribution in [1.82, 2.24) is 14.7 Å². The number of carbonyl (C=O) groups is 3. The molecule has 0 aromatic rings. The van der Waals surface area contributed by atoms with Gasteiger partial charge in [0, 0.05) is 39.3 Å². The summed E-state index contributed by atoms with van der Waals surface area (Å²) in [6.07, 6.45) is 8.20. The van der Waals surface area contributed by atoms with Crippen LogP contribution in [0.4, 0.5) is 0 Å². The van der Waals surface area contributed by atoms with E-state index in [0.29, 0.717) is 51.9 Å². The van der Waals surface area contributed by atoms with E-state index >= 15 is 0 Å². The van der Waals surface area contributed by atoms with Crippen molar-refractivity contribution in [3.05, 3.63) is 25.3 Å². The molecule has 3 aliphatic rings. The molecule has 3 amide bonds. The van der Waals surface area contributed by atoms with E-state index < -0.39 is 29.1 Å². The normalized spacial score (nSPS) is 30.4. The third kappa shape index (κ3) is 4.62. The zero-order valence-electron chi connectivity index (χ0n) is 22.4. The molecule has 3 rings (SSSR count). The lowest BCUT2D eigenvalue weighted by Gasteiger charge is -2.37. The number of amides is 3. The van der Waals surface area contributed by atoms with Crippen molar-refractivity contribution in [2.75, 3.05) is 39.3 Å². The van der Waals surface area contributed by atoms with Crippen molar-refractivity contribution >= 4 is 17.7 Å². The van der Waals surface area contributed by atoms with Crippen LogP contribution in [0.5, 0.6) is 0 Å². The molecule has 1 spiro atoms. The molecule has 8 nitrogen and oxygen atoms in total. The molecule has 5 atom stereocenters. The van der Waals surface area contributed by atoms with Gasteiger partial charge in [0.1, 0.15) is 11.6 Å². The monoisotopic (exact) mass is 503 g/mol. The van der Waals surface area contributed by atoms with Gasteiger partial charge < -0.3 is 24.5 Å². The summed E-state index contributed by atoms with van der Waals surface area (Å²) in [5.74, 6) is -1.75. The summed E-state index contributed by atoms with van der Waals surface area (Å²) >= 11 is 0. The Labute approximate surface area is 216 Å². The zero-order chi connectivity index (χ0) is 26.5. The van der Waals surface area contributed by atoms with Crippen molar-refractivity contribution in [3.63, 3.8) is 0 Å². The summed E-state index contributed by atoms with van der Waals surface area (Å²) in [6, 6.07) is -0.802. The van der Waals surface area contributed by atoms with Crippen molar-refractivity contribution in [3.8, 4) is 0 Å². The third-order valence-electron chi connectivity index (χ3n) is 8.34. The average Bonchev–Trinajstić information content (AvgIpc) is 3.48. The molecule has 0 radical (unpaired) electrons. The van der Waals surface area contributed by atoms with Gasteiger partial charge in [-0.15, -0.1) is 13.2 Å². The maximum absolute atomic E-state index is 14.1.